The van der Waals surface area contributed by atoms with E-state index in [2.05, 4.69) is 15.5 Å². The normalized spacial score (nSPS) is 38.1. The van der Waals surface area contributed by atoms with E-state index in [0.717, 1.165) is 19.0 Å². The van der Waals surface area contributed by atoms with E-state index in [1.165, 1.54) is 38.8 Å². The highest BCUT2D eigenvalue weighted by atomic mass is 16.1. The fourth-order valence-electron chi connectivity index (χ4n) is 3.55. The van der Waals surface area contributed by atoms with Gasteiger partial charge in [0.1, 0.15) is 0 Å². The van der Waals surface area contributed by atoms with Crippen molar-refractivity contribution in [3.63, 3.8) is 0 Å². The fourth-order valence-corrected chi connectivity index (χ4v) is 3.55. The standard InChI is InChI=1S/C13H23N3O/c17-13-4-3-11(15-13)9-14-10-5-7-16-6-1-2-12(16)8-10/h10-12,14H,1-9H2,(H,15,17). The molecule has 96 valence electrons. The highest BCUT2D eigenvalue weighted by molar-refractivity contribution is 5.78. The lowest BCUT2D eigenvalue weighted by atomic mass is 9.97. The van der Waals surface area contributed by atoms with Crippen molar-refractivity contribution in [2.45, 2.75) is 56.7 Å². The molecule has 0 saturated carbocycles. The number of nitrogens with zero attached hydrogens (tertiary/aromatic N) is 1. The molecule has 0 aromatic rings. The molecule has 0 aromatic carbocycles. The predicted molar refractivity (Wildman–Crippen MR) is 66.8 cm³/mol. The SMILES string of the molecule is O=C1CCC(CNC2CCN3CCCC3C2)N1. The van der Waals surface area contributed by atoms with Crippen LogP contribution in [0.1, 0.15) is 38.5 Å². The number of piperidine rings is 1. The minimum Gasteiger partial charge on any atom is -0.352 e. The molecule has 3 aliphatic heterocycles. The second-order valence-electron chi connectivity index (χ2n) is 5.76. The summed E-state index contributed by atoms with van der Waals surface area (Å²) in [6.07, 6.45) is 7.08. The molecule has 3 saturated heterocycles. The van der Waals surface area contributed by atoms with Gasteiger partial charge >= 0.3 is 0 Å². The first kappa shape index (κ1) is 11.5. The summed E-state index contributed by atoms with van der Waals surface area (Å²) in [5.74, 6) is 0.224. The largest absolute Gasteiger partial charge is 0.352 e. The molecular formula is C13H23N3O. The van der Waals surface area contributed by atoms with Crippen LogP contribution in [-0.4, -0.2) is 48.6 Å². The number of nitrogens with one attached hydrogen (secondary N) is 2. The van der Waals surface area contributed by atoms with Crippen LogP contribution in [0.15, 0.2) is 0 Å². The van der Waals surface area contributed by atoms with Crippen molar-refractivity contribution in [2.75, 3.05) is 19.6 Å². The van der Waals surface area contributed by atoms with E-state index in [1.54, 1.807) is 0 Å². The second-order valence-corrected chi connectivity index (χ2v) is 5.76. The minimum absolute atomic E-state index is 0.224. The molecule has 3 atom stereocenters. The van der Waals surface area contributed by atoms with Gasteiger partial charge in [-0.1, -0.05) is 0 Å². The molecule has 0 aliphatic carbocycles. The lowest BCUT2D eigenvalue weighted by Gasteiger charge is -2.35. The highest BCUT2D eigenvalue weighted by Crippen LogP contribution is 2.26. The average Bonchev–Trinajstić information content (AvgIpc) is 2.94. The van der Waals surface area contributed by atoms with Crippen LogP contribution >= 0.6 is 0 Å². The van der Waals surface area contributed by atoms with Gasteiger partial charge < -0.3 is 15.5 Å². The Morgan fingerprint density at radius 3 is 3.06 bits per heavy atom. The van der Waals surface area contributed by atoms with Gasteiger partial charge in [-0.2, -0.15) is 0 Å². The summed E-state index contributed by atoms with van der Waals surface area (Å²) >= 11 is 0. The molecule has 0 spiro atoms. The van der Waals surface area contributed by atoms with Crippen molar-refractivity contribution in [3.8, 4) is 0 Å². The molecule has 3 heterocycles. The summed E-state index contributed by atoms with van der Waals surface area (Å²) < 4.78 is 0. The Morgan fingerprint density at radius 1 is 1.29 bits per heavy atom. The molecule has 4 nitrogen and oxygen atoms in total. The Bertz CT molecular complexity index is 294. The Hall–Kier alpha value is -0.610. The summed E-state index contributed by atoms with van der Waals surface area (Å²) in [4.78, 5) is 13.8. The molecule has 3 aliphatic rings. The van der Waals surface area contributed by atoms with Crippen molar-refractivity contribution in [3.05, 3.63) is 0 Å². The van der Waals surface area contributed by atoms with Gasteiger partial charge in [0.25, 0.3) is 0 Å². The Kier molecular flexibility index (Phi) is 3.34. The van der Waals surface area contributed by atoms with Gasteiger partial charge in [-0.15, -0.1) is 0 Å². The van der Waals surface area contributed by atoms with Gasteiger partial charge in [-0.05, 0) is 45.2 Å². The first-order valence-corrected chi connectivity index (χ1v) is 7.08. The lowest BCUT2D eigenvalue weighted by Crippen LogP contribution is -2.48. The number of carbonyl (C=O) groups is 1. The molecular weight excluding hydrogens is 214 g/mol. The summed E-state index contributed by atoms with van der Waals surface area (Å²) in [5.41, 5.74) is 0. The number of fused-ring (bicyclic) bond motifs is 1. The van der Waals surface area contributed by atoms with E-state index in [1.807, 2.05) is 0 Å². The van der Waals surface area contributed by atoms with Gasteiger partial charge in [-0.25, -0.2) is 0 Å². The molecule has 2 N–H and O–H groups in total. The topological polar surface area (TPSA) is 44.4 Å². The maximum atomic E-state index is 11.1. The molecule has 1 amide bonds. The predicted octanol–water partition coefficient (Wildman–Crippen LogP) is 0.481. The van der Waals surface area contributed by atoms with E-state index in [0.29, 0.717) is 18.5 Å². The number of hydrogen-bond acceptors (Lipinski definition) is 3. The van der Waals surface area contributed by atoms with Crippen LogP contribution in [0.5, 0.6) is 0 Å². The molecule has 0 aromatic heterocycles. The van der Waals surface area contributed by atoms with Gasteiger partial charge in [0.2, 0.25) is 5.91 Å². The average molecular weight is 237 g/mol. The van der Waals surface area contributed by atoms with E-state index in [4.69, 9.17) is 0 Å². The van der Waals surface area contributed by atoms with Crippen molar-refractivity contribution < 1.29 is 4.79 Å². The number of carbonyl (C=O) groups excluding carboxylic acids is 1. The van der Waals surface area contributed by atoms with E-state index in [-0.39, 0.29) is 5.91 Å². The Balaban J connectivity index is 1.42. The van der Waals surface area contributed by atoms with E-state index >= 15 is 0 Å². The molecule has 4 heteroatoms. The van der Waals surface area contributed by atoms with Crippen molar-refractivity contribution >= 4 is 5.91 Å². The number of amides is 1. The van der Waals surface area contributed by atoms with Crippen LogP contribution in [-0.2, 0) is 4.79 Å². The summed E-state index contributed by atoms with van der Waals surface area (Å²) in [5, 5.41) is 6.68. The van der Waals surface area contributed by atoms with Crippen LogP contribution in [0, 0.1) is 0 Å². The maximum Gasteiger partial charge on any atom is 0.220 e. The van der Waals surface area contributed by atoms with Crippen LogP contribution in [0.25, 0.3) is 0 Å². The minimum atomic E-state index is 0.224. The number of rotatable bonds is 3. The Labute approximate surface area is 103 Å². The first-order chi connectivity index (χ1) is 8.31. The quantitative estimate of drug-likeness (QED) is 0.750. The smallest absolute Gasteiger partial charge is 0.220 e. The fraction of sp³-hybridized carbons (Fsp3) is 0.923. The molecule has 3 rings (SSSR count). The maximum absolute atomic E-state index is 11.1. The third kappa shape index (κ3) is 2.63. The zero-order chi connectivity index (χ0) is 11.7. The summed E-state index contributed by atoms with van der Waals surface area (Å²) in [6.45, 7) is 3.54. The van der Waals surface area contributed by atoms with Crippen LogP contribution < -0.4 is 10.6 Å². The summed E-state index contributed by atoms with van der Waals surface area (Å²) in [7, 11) is 0. The summed E-state index contributed by atoms with van der Waals surface area (Å²) in [6, 6.07) is 1.88. The van der Waals surface area contributed by atoms with Gasteiger partial charge in [0, 0.05) is 31.1 Å². The highest BCUT2D eigenvalue weighted by Gasteiger charge is 2.32. The van der Waals surface area contributed by atoms with Crippen molar-refractivity contribution in [1.82, 2.24) is 15.5 Å². The zero-order valence-corrected chi connectivity index (χ0v) is 10.5. The van der Waals surface area contributed by atoms with Crippen LogP contribution in [0.2, 0.25) is 0 Å². The number of hydrogen-bond donors (Lipinski definition) is 2. The van der Waals surface area contributed by atoms with Gasteiger partial charge in [0.15, 0.2) is 0 Å². The molecule has 17 heavy (non-hydrogen) atoms. The third-order valence-electron chi connectivity index (χ3n) is 4.56. The van der Waals surface area contributed by atoms with Crippen LogP contribution in [0.4, 0.5) is 0 Å². The van der Waals surface area contributed by atoms with E-state index < -0.39 is 0 Å². The third-order valence-corrected chi connectivity index (χ3v) is 4.56. The van der Waals surface area contributed by atoms with E-state index in [9.17, 15) is 4.79 Å². The van der Waals surface area contributed by atoms with Crippen LogP contribution in [0.3, 0.4) is 0 Å². The van der Waals surface area contributed by atoms with Gasteiger partial charge in [-0.3, -0.25) is 4.79 Å². The zero-order valence-electron chi connectivity index (χ0n) is 10.5. The molecule has 0 radical (unpaired) electrons. The lowest BCUT2D eigenvalue weighted by molar-refractivity contribution is -0.119. The Morgan fingerprint density at radius 2 is 2.24 bits per heavy atom. The van der Waals surface area contributed by atoms with Gasteiger partial charge in [0.05, 0.1) is 0 Å². The first-order valence-electron chi connectivity index (χ1n) is 7.08. The van der Waals surface area contributed by atoms with Crippen molar-refractivity contribution in [2.24, 2.45) is 0 Å². The second kappa shape index (κ2) is 4.94. The molecule has 0 bridgehead atoms. The van der Waals surface area contributed by atoms with Crippen molar-refractivity contribution in [1.29, 1.82) is 0 Å². The monoisotopic (exact) mass is 237 g/mol. The molecule has 3 fully saturated rings. The molecule has 3 unspecified atom stereocenters.